The van der Waals surface area contributed by atoms with Crippen molar-refractivity contribution >= 4 is 17.8 Å². The van der Waals surface area contributed by atoms with E-state index in [1.54, 1.807) is 13.8 Å². The number of nitrogens with one attached hydrogen (secondary N) is 2. The van der Waals surface area contributed by atoms with Gasteiger partial charge < -0.3 is 26.6 Å². The molecule has 8 nitrogen and oxygen atoms in total. The van der Waals surface area contributed by atoms with Crippen LogP contribution in [0.15, 0.2) is 0 Å². The summed E-state index contributed by atoms with van der Waals surface area (Å²) in [5.74, 6) is -2.64. The fourth-order valence-electron chi connectivity index (χ4n) is 2.04. The first-order valence-electron chi connectivity index (χ1n) is 7.74. The molecule has 6 N–H and O–H groups in total. The van der Waals surface area contributed by atoms with E-state index in [2.05, 4.69) is 10.6 Å². The smallest absolute Gasteiger partial charge is 0.326 e. The number of carbonyl (C=O) groups is 3. The third-order valence-electron chi connectivity index (χ3n) is 3.36. The molecule has 0 fully saturated rings. The molecule has 0 aromatic heterocycles. The van der Waals surface area contributed by atoms with E-state index in [-0.39, 0.29) is 11.8 Å². The standard InChI is InChI=1S/C15H29N3O5/c1-7(2)6-10(16)13(20)18-12(9(5)19)14(21)17-11(8(3)4)15(22)23/h7-12,19H,6,16H2,1-5H3,(H,17,21)(H,18,20)(H,22,23). The molecule has 4 unspecified atom stereocenters. The molecule has 0 heterocycles. The van der Waals surface area contributed by atoms with Crippen LogP contribution in [0.1, 0.15) is 41.0 Å². The molecule has 0 aromatic rings. The average Bonchev–Trinajstić information content (AvgIpc) is 2.39. The SMILES string of the molecule is CC(C)CC(N)C(=O)NC(C(=O)NC(C(=O)O)C(C)C)C(C)O. The Hall–Kier alpha value is -1.67. The summed E-state index contributed by atoms with van der Waals surface area (Å²) >= 11 is 0. The van der Waals surface area contributed by atoms with Crippen molar-refractivity contribution in [3.05, 3.63) is 0 Å². The first kappa shape index (κ1) is 21.3. The Morgan fingerprint density at radius 3 is 1.78 bits per heavy atom. The van der Waals surface area contributed by atoms with Gasteiger partial charge in [0.25, 0.3) is 0 Å². The van der Waals surface area contributed by atoms with Crippen molar-refractivity contribution in [2.24, 2.45) is 17.6 Å². The molecule has 0 spiro atoms. The summed E-state index contributed by atoms with van der Waals surface area (Å²) in [5, 5.41) is 23.5. The van der Waals surface area contributed by atoms with Crippen LogP contribution in [0.4, 0.5) is 0 Å². The molecule has 0 radical (unpaired) electrons. The lowest BCUT2D eigenvalue weighted by molar-refractivity contribution is -0.144. The minimum atomic E-state index is -1.26. The zero-order valence-corrected chi connectivity index (χ0v) is 14.4. The van der Waals surface area contributed by atoms with Gasteiger partial charge in [0, 0.05) is 0 Å². The highest BCUT2D eigenvalue weighted by atomic mass is 16.4. The summed E-state index contributed by atoms with van der Waals surface area (Å²) in [7, 11) is 0. The molecular formula is C15H29N3O5. The van der Waals surface area contributed by atoms with E-state index < -0.39 is 42.0 Å². The van der Waals surface area contributed by atoms with E-state index in [0.717, 1.165) is 0 Å². The van der Waals surface area contributed by atoms with E-state index in [1.807, 2.05) is 13.8 Å². The molecule has 8 heteroatoms. The molecule has 23 heavy (non-hydrogen) atoms. The van der Waals surface area contributed by atoms with Crippen LogP contribution in [0, 0.1) is 11.8 Å². The van der Waals surface area contributed by atoms with Crippen molar-refractivity contribution < 1.29 is 24.6 Å². The van der Waals surface area contributed by atoms with Crippen LogP contribution in [-0.2, 0) is 14.4 Å². The van der Waals surface area contributed by atoms with Crippen molar-refractivity contribution in [2.45, 2.75) is 65.3 Å². The largest absolute Gasteiger partial charge is 0.480 e. The summed E-state index contributed by atoms with van der Waals surface area (Å²) in [5.41, 5.74) is 5.74. The molecule has 0 saturated carbocycles. The Kier molecular flexibility index (Phi) is 8.78. The minimum absolute atomic E-state index is 0.201. The maximum atomic E-state index is 12.2. The van der Waals surface area contributed by atoms with Gasteiger partial charge >= 0.3 is 5.97 Å². The second-order valence-corrected chi connectivity index (χ2v) is 6.53. The molecule has 4 atom stereocenters. The van der Waals surface area contributed by atoms with E-state index >= 15 is 0 Å². The molecule has 0 aliphatic carbocycles. The third-order valence-corrected chi connectivity index (χ3v) is 3.36. The minimum Gasteiger partial charge on any atom is -0.480 e. The number of amides is 2. The molecule has 0 aliphatic heterocycles. The molecule has 0 saturated heterocycles. The summed E-state index contributed by atoms with van der Waals surface area (Å²) in [6.45, 7) is 8.45. The molecule has 0 aliphatic rings. The molecule has 134 valence electrons. The predicted octanol–water partition coefficient (Wildman–Crippen LogP) is -0.549. The van der Waals surface area contributed by atoms with Crippen LogP contribution >= 0.6 is 0 Å². The third kappa shape index (κ3) is 7.43. The van der Waals surface area contributed by atoms with E-state index in [0.29, 0.717) is 6.42 Å². The highest BCUT2D eigenvalue weighted by Crippen LogP contribution is 2.06. The maximum Gasteiger partial charge on any atom is 0.326 e. The number of hydrogen-bond acceptors (Lipinski definition) is 5. The van der Waals surface area contributed by atoms with Crippen LogP contribution < -0.4 is 16.4 Å². The number of aliphatic hydroxyl groups excluding tert-OH is 1. The van der Waals surface area contributed by atoms with Gasteiger partial charge in [0.05, 0.1) is 12.1 Å². The average molecular weight is 331 g/mol. The van der Waals surface area contributed by atoms with Gasteiger partial charge in [-0.15, -0.1) is 0 Å². The summed E-state index contributed by atoms with van der Waals surface area (Å²) < 4.78 is 0. The van der Waals surface area contributed by atoms with E-state index in [4.69, 9.17) is 10.8 Å². The van der Waals surface area contributed by atoms with Crippen LogP contribution in [-0.4, -0.2) is 52.2 Å². The first-order chi connectivity index (χ1) is 10.5. The van der Waals surface area contributed by atoms with Crippen LogP contribution in [0.3, 0.4) is 0 Å². The van der Waals surface area contributed by atoms with Crippen molar-refractivity contribution in [3.8, 4) is 0 Å². The van der Waals surface area contributed by atoms with Crippen molar-refractivity contribution in [2.75, 3.05) is 0 Å². The summed E-state index contributed by atoms with van der Waals surface area (Å²) in [6.07, 6.45) is -0.754. The van der Waals surface area contributed by atoms with Crippen molar-refractivity contribution in [3.63, 3.8) is 0 Å². The Morgan fingerprint density at radius 1 is 0.957 bits per heavy atom. The molecular weight excluding hydrogens is 302 g/mol. The van der Waals surface area contributed by atoms with Crippen LogP contribution in [0.2, 0.25) is 0 Å². The van der Waals surface area contributed by atoms with Gasteiger partial charge in [0.15, 0.2) is 0 Å². The van der Waals surface area contributed by atoms with Gasteiger partial charge in [0.1, 0.15) is 12.1 Å². The predicted molar refractivity (Wildman–Crippen MR) is 85.4 cm³/mol. The topological polar surface area (TPSA) is 142 Å². The zero-order chi connectivity index (χ0) is 18.3. The van der Waals surface area contributed by atoms with Crippen molar-refractivity contribution in [1.82, 2.24) is 10.6 Å². The Bertz CT molecular complexity index is 423. The van der Waals surface area contributed by atoms with E-state index in [1.165, 1.54) is 6.92 Å². The molecule has 0 bridgehead atoms. The number of nitrogens with two attached hydrogens (primary N) is 1. The van der Waals surface area contributed by atoms with Gasteiger partial charge in [-0.1, -0.05) is 27.7 Å². The lowest BCUT2D eigenvalue weighted by Crippen LogP contribution is -2.58. The van der Waals surface area contributed by atoms with Gasteiger partial charge in [-0.2, -0.15) is 0 Å². The van der Waals surface area contributed by atoms with Crippen molar-refractivity contribution in [1.29, 1.82) is 0 Å². The summed E-state index contributed by atoms with van der Waals surface area (Å²) in [6, 6.07) is -3.17. The number of carbonyl (C=O) groups excluding carboxylic acids is 2. The second kappa shape index (κ2) is 9.46. The van der Waals surface area contributed by atoms with Gasteiger partial charge in [0.2, 0.25) is 11.8 Å². The lowest BCUT2D eigenvalue weighted by Gasteiger charge is -2.26. The van der Waals surface area contributed by atoms with Gasteiger partial charge in [-0.25, -0.2) is 4.79 Å². The number of hydrogen-bond donors (Lipinski definition) is 5. The Labute approximate surface area is 136 Å². The number of carboxylic acid groups (broad SMARTS) is 1. The Balaban J connectivity index is 4.94. The fraction of sp³-hybridized carbons (Fsp3) is 0.800. The Morgan fingerprint density at radius 2 is 1.43 bits per heavy atom. The number of carboxylic acids is 1. The fourth-order valence-corrected chi connectivity index (χ4v) is 2.04. The maximum absolute atomic E-state index is 12.2. The van der Waals surface area contributed by atoms with Gasteiger partial charge in [-0.05, 0) is 25.2 Å². The second-order valence-electron chi connectivity index (χ2n) is 6.53. The number of aliphatic hydroxyl groups is 1. The van der Waals surface area contributed by atoms with E-state index in [9.17, 15) is 19.5 Å². The molecule has 0 rings (SSSR count). The van der Waals surface area contributed by atoms with Gasteiger partial charge in [-0.3, -0.25) is 9.59 Å². The lowest BCUT2D eigenvalue weighted by atomic mass is 10.0. The normalized spacial score (nSPS) is 16.6. The first-order valence-corrected chi connectivity index (χ1v) is 7.74. The quantitative estimate of drug-likeness (QED) is 0.384. The number of rotatable bonds is 9. The zero-order valence-electron chi connectivity index (χ0n) is 14.4. The highest BCUT2D eigenvalue weighted by molar-refractivity contribution is 5.92. The molecule has 2 amide bonds. The number of aliphatic carboxylic acids is 1. The summed E-state index contributed by atoms with van der Waals surface area (Å²) in [4.78, 5) is 35.3. The highest BCUT2D eigenvalue weighted by Gasteiger charge is 2.32. The van der Waals surface area contributed by atoms with Crippen LogP contribution in [0.25, 0.3) is 0 Å². The van der Waals surface area contributed by atoms with Crippen LogP contribution in [0.5, 0.6) is 0 Å². The molecule has 0 aromatic carbocycles. The monoisotopic (exact) mass is 331 g/mol.